The molecule has 166 valence electrons. The van der Waals surface area contributed by atoms with Gasteiger partial charge in [-0.15, -0.1) is 11.3 Å². The van der Waals surface area contributed by atoms with Crippen molar-refractivity contribution in [2.45, 2.75) is 32.2 Å². The minimum atomic E-state index is -0.723. The maximum absolute atomic E-state index is 13.4. The van der Waals surface area contributed by atoms with E-state index in [1.54, 1.807) is 31.4 Å². The molecule has 4 rings (SSSR count). The lowest BCUT2D eigenvalue weighted by atomic mass is 9.70. The Morgan fingerprint density at radius 3 is 2.66 bits per heavy atom. The van der Waals surface area contributed by atoms with Crippen LogP contribution in [0.25, 0.3) is 11.1 Å². The highest BCUT2D eigenvalue weighted by Crippen LogP contribution is 2.45. The molecule has 2 saturated heterocycles. The van der Waals surface area contributed by atoms with E-state index in [-0.39, 0.29) is 29.6 Å². The van der Waals surface area contributed by atoms with Crippen LogP contribution in [0.4, 0.5) is 0 Å². The minimum absolute atomic E-state index is 0.0565. The Morgan fingerprint density at radius 2 is 2.00 bits per heavy atom. The van der Waals surface area contributed by atoms with E-state index >= 15 is 0 Å². The van der Waals surface area contributed by atoms with E-state index in [0.29, 0.717) is 18.7 Å². The molecule has 2 aromatic rings. The Labute approximate surface area is 192 Å². The molecule has 2 N–H and O–H groups in total. The number of nitriles is 1. The van der Waals surface area contributed by atoms with Gasteiger partial charge in [-0.1, -0.05) is 12.1 Å². The SMILES string of the molecule is CC(=O)N1CCC([C@H]2C(=O)N(C)C(=N)N[C@]2(C)c2cc(-c3cccc(C#N)c3)cs2)CC1. The number of amides is 2. The first kappa shape index (κ1) is 22.0. The molecule has 8 heteroatoms. The Hall–Kier alpha value is -3.18. The second-order valence-electron chi connectivity index (χ2n) is 8.79. The summed E-state index contributed by atoms with van der Waals surface area (Å²) in [6.07, 6.45) is 1.52. The van der Waals surface area contributed by atoms with Gasteiger partial charge in [-0.3, -0.25) is 19.9 Å². The molecule has 0 spiro atoms. The van der Waals surface area contributed by atoms with Gasteiger partial charge < -0.3 is 10.2 Å². The molecular formula is C24H27N5O2S. The Kier molecular flexibility index (Phi) is 5.78. The fourth-order valence-electron chi connectivity index (χ4n) is 4.94. The van der Waals surface area contributed by atoms with Gasteiger partial charge in [0.05, 0.1) is 23.1 Å². The third kappa shape index (κ3) is 3.78. The van der Waals surface area contributed by atoms with E-state index in [1.807, 2.05) is 35.4 Å². The topological polar surface area (TPSA) is 100 Å². The van der Waals surface area contributed by atoms with Crippen LogP contribution < -0.4 is 5.32 Å². The first-order chi connectivity index (χ1) is 15.2. The number of piperidine rings is 1. The number of hydrogen-bond donors (Lipinski definition) is 2. The molecule has 1 aromatic heterocycles. The highest BCUT2D eigenvalue weighted by Gasteiger charge is 2.52. The van der Waals surface area contributed by atoms with Crippen LogP contribution in [0.3, 0.4) is 0 Å². The van der Waals surface area contributed by atoms with Gasteiger partial charge in [0, 0.05) is 31.9 Å². The largest absolute Gasteiger partial charge is 0.345 e. The van der Waals surface area contributed by atoms with Crippen LogP contribution in [0.1, 0.15) is 37.1 Å². The maximum Gasteiger partial charge on any atom is 0.235 e. The fourth-order valence-corrected chi connectivity index (χ4v) is 6.01. The number of thiophene rings is 1. The minimum Gasteiger partial charge on any atom is -0.345 e. The number of likely N-dealkylation sites (tertiary alicyclic amines) is 1. The molecule has 0 saturated carbocycles. The number of nitrogens with one attached hydrogen (secondary N) is 2. The molecule has 2 fully saturated rings. The van der Waals surface area contributed by atoms with Crippen molar-refractivity contribution in [2.75, 3.05) is 20.1 Å². The smallest absolute Gasteiger partial charge is 0.235 e. The summed E-state index contributed by atoms with van der Waals surface area (Å²) in [5, 5.41) is 22.9. The summed E-state index contributed by atoms with van der Waals surface area (Å²) < 4.78 is 0. The fraction of sp³-hybridized carbons (Fsp3) is 0.417. The van der Waals surface area contributed by atoms with Gasteiger partial charge in [-0.05, 0) is 60.4 Å². The second-order valence-corrected chi connectivity index (χ2v) is 9.70. The highest BCUT2D eigenvalue weighted by atomic mass is 32.1. The lowest BCUT2D eigenvalue weighted by Crippen LogP contribution is -2.65. The molecule has 32 heavy (non-hydrogen) atoms. The zero-order chi connectivity index (χ0) is 23.0. The van der Waals surface area contributed by atoms with Gasteiger partial charge in [0.15, 0.2) is 5.96 Å². The number of guanidine groups is 1. The predicted octanol–water partition coefficient (Wildman–Crippen LogP) is 3.37. The van der Waals surface area contributed by atoms with Crippen LogP contribution in [-0.4, -0.2) is 47.7 Å². The lowest BCUT2D eigenvalue weighted by molar-refractivity contribution is -0.139. The molecule has 1 aromatic carbocycles. The molecule has 2 atom stereocenters. The van der Waals surface area contributed by atoms with Crippen molar-refractivity contribution < 1.29 is 9.59 Å². The molecule has 2 aliphatic rings. The summed E-state index contributed by atoms with van der Waals surface area (Å²) in [7, 11) is 1.64. The van der Waals surface area contributed by atoms with Gasteiger partial charge in [-0.25, -0.2) is 0 Å². The van der Waals surface area contributed by atoms with Crippen molar-refractivity contribution in [1.82, 2.24) is 15.1 Å². The number of rotatable bonds is 3. The van der Waals surface area contributed by atoms with E-state index in [9.17, 15) is 14.9 Å². The molecule has 2 amide bonds. The van der Waals surface area contributed by atoms with Crippen molar-refractivity contribution in [3.63, 3.8) is 0 Å². The van der Waals surface area contributed by atoms with Gasteiger partial charge in [-0.2, -0.15) is 5.26 Å². The van der Waals surface area contributed by atoms with Crippen molar-refractivity contribution >= 4 is 29.1 Å². The second kappa shape index (κ2) is 8.40. The molecule has 0 radical (unpaired) electrons. The molecule has 7 nitrogen and oxygen atoms in total. The molecule has 0 bridgehead atoms. The predicted molar refractivity (Wildman–Crippen MR) is 124 cm³/mol. The number of carbonyl (C=O) groups excluding carboxylic acids is 2. The average Bonchev–Trinajstić information content (AvgIpc) is 3.29. The van der Waals surface area contributed by atoms with Gasteiger partial charge in [0.25, 0.3) is 0 Å². The van der Waals surface area contributed by atoms with Crippen LogP contribution >= 0.6 is 11.3 Å². The quantitative estimate of drug-likeness (QED) is 0.750. The normalized spacial score (nSPS) is 24.2. The summed E-state index contributed by atoms with van der Waals surface area (Å²) >= 11 is 1.56. The number of carbonyl (C=O) groups is 2. The monoisotopic (exact) mass is 449 g/mol. The van der Waals surface area contributed by atoms with Gasteiger partial charge in [0.2, 0.25) is 11.8 Å². The summed E-state index contributed by atoms with van der Waals surface area (Å²) in [4.78, 5) is 29.4. The highest BCUT2D eigenvalue weighted by molar-refractivity contribution is 7.10. The molecule has 3 heterocycles. The van der Waals surface area contributed by atoms with Crippen LogP contribution in [0.2, 0.25) is 0 Å². The summed E-state index contributed by atoms with van der Waals surface area (Å²) in [6.45, 7) is 4.90. The molecule has 2 aliphatic heterocycles. The van der Waals surface area contributed by atoms with Crippen LogP contribution in [0, 0.1) is 28.6 Å². The van der Waals surface area contributed by atoms with E-state index in [0.717, 1.165) is 28.8 Å². The van der Waals surface area contributed by atoms with Crippen LogP contribution in [0.5, 0.6) is 0 Å². The Morgan fingerprint density at radius 1 is 1.28 bits per heavy atom. The van der Waals surface area contributed by atoms with Crippen molar-refractivity contribution in [2.24, 2.45) is 11.8 Å². The third-order valence-electron chi connectivity index (χ3n) is 6.82. The lowest BCUT2D eigenvalue weighted by Gasteiger charge is -2.49. The Bertz CT molecular complexity index is 1110. The van der Waals surface area contributed by atoms with Gasteiger partial charge >= 0.3 is 0 Å². The zero-order valence-electron chi connectivity index (χ0n) is 18.5. The van der Waals surface area contributed by atoms with Crippen molar-refractivity contribution in [3.8, 4) is 17.2 Å². The number of benzene rings is 1. The third-order valence-corrected chi connectivity index (χ3v) is 7.99. The first-order valence-electron chi connectivity index (χ1n) is 10.7. The standard InChI is InChI=1S/C24H27N5O2S/c1-15(30)29-9-7-17(8-10-29)21-22(31)28(3)23(26)27-24(21,2)20-12-19(14-32-20)18-6-4-5-16(11-18)13-25/h4-6,11-12,14,17,21H,7-10H2,1-3H3,(H2,26,27)/t21-,24+/m0/s1. The van der Waals surface area contributed by atoms with Crippen molar-refractivity contribution in [1.29, 1.82) is 10.7 Å². The Balaban J connectivity index is 1.69. The number of nitrogens with zero attached hydrogens (tertiary/aromatic N) is 3. The summed E-state index contributed by atoms with van der Waals surface area (Å²) in [5.74, 6) is -0.123. The van der Waals surface area contributed by atoms with Crippen LogP contribution in [-0.2, 0) is 15.1 Å². The molecular weight excluding hydrogens is 422 g/mol. The van der Waals surface area contributed by atoms with Gasteiger partial charge in [0.1, 0.15) is 0 Å². The average molecular weight is 450 g/mol. The van der Waals surface area contributed by atoms with E-state index in [1.165, 1.54) is 4.90 Å². The van der Waals surface area contributed by atoms with Crippen molar-refractivity contribution in [3.05, 3.63) is 46.2 Å². The van der Waals surface area contributed by atoms with E-state index < -0.39 is 5.54 Å². The maximum atomic E-state index is 13.4. The summed E-state index contributed by atoms with van der Waals surface area (Å²) in [6, 6.07) is 11.7. The van der Waals surface area contributed by atoms with Crippen LogP contribution in [0.15, 0.2) is 35.7 Å². The molecule has 0 unspecified atom stereocenters. The van der Waals surface area contributed by atoms with E-state index in [2.05, 4.69) is 17.5 Å². The zero-order valence-corrected chi connectivity index (χ0v) is 19.3. The van der Waals surface area contributed by atoms with E-state index in [4.69, 9.17) is 5.41 Å². The molecule has 0 aliphatic carbocycles. The number of hydrogen-bond acceptors (Lipinski definition) is 5. The first-order valence-corrected chi connectivity index (χ1v) is 11.6. The summed E-state index contributed by atoms with van der Waals surface area (Å²) in [5.41, 5.74) is 1.83.